The average molecular weight is 294 g/mol. The molecule has 0 aliphatic heterocycles. The highest BCUT2D eigenvalue weighted by atomic mass is 32.1. The van der Waals surface area contributed by atoms with E-state index in [1.54, 1.807) is 11.3 Å². The van der Waals surface area contributed by atoms with Crippen LogP contribution in [0, 0.1) is 0 Å². The summed E-state index contributed by atoms with van der Waals surface area (Å²) in [7, 11) is 4.17. The number of nitrogens with zero attached hydrogens (tertiary/aromatic N) is 2. The predicted octanol–water partition coefficient (Wildman–Crippen LogP) is 2.59. The Kier molecular flexibility index (Phi) is 5.86. The standard InChI is InChI=1S/C15H26N4S/c1-19(2)14(12-8-9-20-11-12)10-17-15(16)18-13-6-4-3-5-7-13/h8-9,11,13-14H,3-7,10H2,1-2H3,(H3,16,17,18). The number of guanidine groups is 1. The summed E-state index contributed by atoms with van der Waals surface area (Å²) in [5.41, 5.74) is 7.34. The van der Waals surface area contributed by atoms with Gasteiger partial charge in [-0.25, -0.2) is 0 Å². The molecule has 0 saturated heterocycles. The van der Waals surface area contributed by atoms with Gasteiger partial charge in [0.2, 0.25) is 0 Å². The van der Waals surface area contributed by atoms with Crippen LogP contribution >= 0.6 is 11.3 Å². The minimum absolute atomic E-state index is 0.299. The van der Waals surface area contributed by atoms with Crippen molar-refractivity contribution in [2.75, 3.05) is 20.6 Å². The highest BCUT2D eigenvalue weighted by Crippen LogP contribution is 2.21. The topological polar surface area (TPSA) is 53.6 Å². The number of aliphatic imine (C=N–C) groups is 1. The third-order valence-electron chi connectivity index (χ3n) is 3.94. The van der Waals surface area contributed by atoms with Crippen molar-refractivity contribution in [2.24, 2.45) is 10.7 Å². The Hall–Kier alpha value is -1.07. The summed E-state index contributed by atoms with van der Waals surface area (Å²) in [5.74, 6) is 0.596. The molecule has 1 aromatic heterocycles. The van der Waals surface area contributed by atoms with Crippen LogP contribution in [0.2, 0.25) is 0 Å². The molecule has 0 amide bonds. The summed E-state index contributed by atoms with van der Waals surface area (Å²) in [6, 6.07) is 2.98. The summed E-state index contributed by atoms with van der Waals surface area (Å²) >= 11 is 1.73. The molecule has 0 radical (unpaired) electrons. The van der Waals surface area contributed by atoms with Crippen molar-refractivity contribution in [3.8, 4) is 0 Å². The largest absolute Gasteiger partial charge is 0.370 e. The van der Waals surface area contributed by atoms with E-state index in [4.69, 9.17) is 5.73 Å². The average Bonchev–Trinajstić information content (AvgIpc) is 2.93. The zero-order valence-electron chi connectivity index (χ0n) is 12.5. The lowest BCUT2D eigenvalue weighted by molar-refractivity contribution is 0.307. The van der Waals surface area contributed by atoms with E-state index in [0.717, 1.165) is 0 Å². The minimum atomic E-state index is 0.299. The highest BCUT2D eigenvalue weighted by Gasteiger charge is 2.16. The van der Waals surface area contributed by atoms with Crippen LogP contribution < -0.4 is 11.1 Å². The van der Waals surface area contributed by atoms with Gasteiger partial charge in [0.25, 0.3) is 0 Å². The van der Waals surface area contributed by atoms with Crippen molar-refractivity contribution in [1.82, 2.24) is 10.2 Å². The second-order valence-corrected chi connectivity index (χ2v) is 6.52. The fraction of sp³-hybridized carbons (Fsp3) is 0.667. The first-order chi connectivity index (χ1) is 9.66. The number of nitrogens with two attached hydrogens (primary N) is 1. The number of hydrogen-bond acceptors (Lipinski definition) is 3. The van der Waals surface area contributed by atoms with Crippen molar-refractivity contribution in [1.29, 1.82) is 0 Å². The van der Waals surface area contributed by atoms with E-state index in [1.165, 1.54) is 37.7 Å². The van der Waals surface area contributed by atoms with Crippen molar-refractivity contribution < 1.29 is 0 Å². The second-order valence-electron chi connectivity index (χ2n) is 5.74. The summed E-state index contributed by atoms with van der Waals surface area (Å²) in [6.45, 7) is 0.704. The third-order valence-corrected chi connectivity index (χ3v) is 4.64. The molecule has 4 nitrogen and oxygen atoms in total. The Balaban J connectivity index is 1.88. The number of thiophene rings is 1. The number of likely N-dealkylation sites (N-methyl/N-ethyl adjacent to an activating group) is 1. The molecule has 1 aliphatic carbocycles. The highest BCUT2D eigenvalue weighted by molar-refractivity contribution is 7.07. The molecule has 1 fully saturated rings. The smallest absolute Gasteiger partial charge is 0.188 e. The number of hydrogen-bond donors (Lipinski definition) is 2. The van der Waals surface area contributed by atoms with Gasteiger partial charge in [-0.15, -0.1) is 0 Å². The quantitative estimate of drug-likeness (QED) is 0.648. The molecular weight excluding hydrogens is 268 g/mol. The van der Waals surface area contributed by atoms with Gasteiger partial charge in [-0.1, -0.05) is 19.3 Å². The monoisotopic (exact) mass is 294 g/mol. The van der Waals surface area contributed by atoms with Crippen LogP contribution in [0.1, 0.15) is 43.7 Å². The summed E-state index contributed by atoms with van der Waals surface area (Å²) < 4.78 is 0. The fourth-order valence-electron chi connectivity index (χ4n) is 2.72. The molecule has 1 heterocycles. The van der Waals surface area contributed by atoms with Gasteiger partial charge in [0, 0.05) is 6.04 Å². The fourth-order valence-corrected chi connectivity index (χ4v) is 3.43. The Bertz CT molecular complexity index is 408. The van der Waals surface area contributed by atoms with Crippen molar-refractivity contribution >= 4 is 17.3 Å². The molecule has 1 unspecified atom stereocenters. The van der Waals surface area contributed by atoms with Gasteiger partial charge in [0.05, 0.1) is 12.6 Å². The molecule has 2 rings (SSSR count). The molecule has 0 aromatic carbocycles. The zero-order chi connectivity index (χ0) is 14.4. The van der Waals surface area contributed by atoms with E-state index in [-0.39, 0.29) is 0 Å². The van der Waals surface area contributed by atoms with E-state index >= 15 is 0 Å². The normalized spacial score (nSPS) is 19.2. The minimum Gasteiger partial charge on any atom is -0.370 e. The summed E-state index contributed by atoms with van der Waals surface area (Å²) in [6.07, 6.45) is 6.41. The van der Waals surface area contributed by atoms with Crippen molar-refractivity contribution in [3.63, 3.8) is 0 Å². The predicted molar refractivity (Wildman–Crippen MR) is 87.2 cm³/mol. The third kappa shape index (κ3) is 4.49. The molecule has 1 aliphatic rings. The molecule has 0 bridgehead atoms. The van der Waals surface area contributed by atoms with E-state index in [2.05, 4.69) is 46.1 Å². The van der Waals surface area contributed by atoms with Gasteiger partial charge in [0.1, 0.15) is 0 Å². The van der Waals surface area contributed by atoms with Crippen LogP contribution in [0.5, 0.6) is 0 Å². The van der Waals surface area contributed by atoms with Gasteiger partial charge >= 0.3 is 0 Å². The van der Waals surface area contributed by atoms with Crippen LogP contribution in [0.15, 0.2) is 21.8 Å². The van der Waals surface area contributed by atoms with E-state index in [9.17, 15) is 0 Å². The molecule has 1 atom stereocenters. The lowest BCUT2D eigenvalue weighted by Crippen LogP contribution is -2.41. The van der Waals surface area contributed by atoms with Crippen LogP contribution in [-0.4, -0.2) is 37.5 Å². The molecule has 3 N–H and O–H groups in total. The molecule has 0 spiro atoms. The Morgan fingerprint density at radius 2 is 2.20 bits per heavy atom. The lowest BCUT2D eigenvalue weighted by Gasteiger charge is -2.24. The van der Waals surface area contributed by atoms with E-state index in [0.29, 0.717) is 24.6 Å². The zero-order valence-corrected chi connectivity index (χ0v) is 13.3. The molecule has 1 saturated carbocycles. The Morgan fingerprint density at radius 1 is 1.45 bits per heavy atom. The molecular formula is C15H26N4S. The maximum absolute atomic E-state index is 6.03. The van der Waals surface area contributed by atoms with Gasteiger partial charge in [0.15, 0.2) is 5.96 Å². The van der Waals surface area contributed by atoms with E-state index < -0.39 is 0 Å². The van der Waals surface area contributed by atoms with Gasteiger partial charge in [-0.2, -0.15) is 11.3 Å². The number of rotatable bonds is 5. The van der Waals surface area contributed by atoms with Crippen LogP contribution in [0.4, 0.5) is 0 Å². The first-order valence-electron chi connectivity index (χ1n) is 7.42. The maximum Gasteiger partial charge on any atom is 0.188 e. The van der Waals surface area contributed by atoms with Crippen molar-refractivity contribution in [2.45, 2.75) is 44.2 Å². The maximum atomic E-state index is 6.03. The van der Waals surface area contributed by atoms with Gasteiger partial charge in [-0.05, 0) is 49.3 Å². The molecule has 5 heteroatoms. The first-order valence-corrected chi connectivity index (χ1v) is 8.36. The Labute approximate surface area is 126 Å². The van der Waals surface area contributed by atoms with E-state index in [1.807, 2.05) is 0 Å². The first kappa shape index (κ1) is 15.3. The van der Waals surface area contributed by atoms with Crippen LogP contribution in [0.25, 0.3) is 0 Å². The van der Waals surface area contributed by atoms with Gasteiger partial charge < -0.3 is 16.0 Å². The number of nitrogens with one attached hydrogen (secondary N) is 1. The second kappa shape index (κ2) is 7.64. The molecule has 112 valence electrons. The molecule has 1 aromatic rings. The summed E-state index contributed by atoms with van der Waals surface area (Å²) in [5, 5.41) is 7.67. The SMILES string of the molecule is CN(C)C(CN=C(N)NC1CCCCC1)c1ccsc1. The van der Waals surface area contributed by atoms with Gasteiger partial charge in [-0.3, -0.25) is 4.99 Å². The van der Waals surface area contributed by atoms with Crippen LogP contribution in [0.3, 0.4) is 0 Å². The lowest BCUT2D eigenvalue weighted by atomic mass is 9.96. The Morgan fingerprint density at radius 3 is 2.80 bits per heavy atom. The summed E-state index contributed by atoms with van der Waals surface area (Å²) in [4.78, 5) is 6.74. The molecule has 20 heavy (non-hydrogen) atoms. The van der Waals surface area contributed by atoms with Crippen LogP contribution in [-0.2, 0) is 0 Å². The van der Waals surface area contributed by atoms with Crippen molar-refractivity contribution in [3.05, 3.63) is 22.4 Å².